The molecule has 1 N–H and O–H groups in total. The van der Waals surface area contributed by atoms with Crippen molar-refractivity contribution in [3.05, 3.63) is 30.1 Å². The van der Waals surface area contributed by atoms with Crippen LogP contribution in [0, 0.1) is 0 Å². The van der Waals surface area contributed by atoms with Crippen molar-refractivity contribution in [1.29, 1.82) is 0 Å². The van der Waals surface area contributed by atoms with Crippen LogP contribution in [0.1, 0.15) is 11.6 Å². The first-order valence-corrected chi connectivity index (χ1v) is 5.24. The summed E-state index contributed by atoms with van der Waals surface area (Å²) in [4.78, 5) is 6.23. The van der Waals surface area contributed by atoms with Gasteiger partial charge in [-0.05, 0) is 17.7 Å². The van der Waals surface area contributed by atoms with E-state index in [1.54, 1.807) is 12.4 Å². The second kappa shape index (κ2) is 5.21. The van der Waals surface area contributed by atoms with Crippen LogP contribution >= 0.6 is 0 Å². The predicted octanol–water partition coefficient (Wildman–Crippen LogP) is 0.447. The normalized spacial score (nSPS) is 20.1. The molecule has 0 bridgehead atoms. The summed E-state index contributed by atoms with van der Waals surface area (Å²) in [5.74, 6) is 0. The van der Waals surface area contributed by atoms with Crippen molar-refractivity contribution in [1.82, 2.24) is 9.88 Å². The smallest absolute Gasteiger partial charge is 0.0628 e. The van der Waals surface area contributed by atoms with Crippen molar-refractivity contribution in [2.45, 2.75) is 6.04 Å². The topological polar surface area (TPSA) is 45.6 Å². The maximum atomic E-state index is 9.43. The number of aromatic nitrogens is 1. The van der Waals surface area contributed by atoms with Crippen LogP contribution in [0.5, 0.6) is 0 Å². The number of hydrogen-bond acceptors (Lipinski definition) is 4. The monoisotopic (exact) mass is 208 g/mol. The Labute approximate surface area is 89.5 Å². The van der Waals surface area contributed by atoms with Crippen molar-refractivity contribution >= 4 is 0 Å². The van der Waals surface area contributed by atoms with Crippen molar-refractivity contribution < 1.29 is 9.84 Å². The standard InChI is InChI=1S/C11H16N2O2/c14-9-11(10-1-3-12-4-2-10)13-5-7-15-8-6-13/h1-4,11,14H,5-9H2. The van der Waals surface area contributed by atoms with E-state index in [0.29, 0.717) is 0 Å². The Bertz CT molecular complexity index is 286. The zero-order chi connectivity index (χ0) is 10.5. The van der Waals surface area contributed by atoms with Crippen LogP contribution in [0.4, 0.5) is 0 Å². The Morgan fingerprint density at radius 2 is 2.00 bits per heavy atom. The van der Waals surface area contributed by atoms with Gasteiger partial charge in [0.15, 0.2) is 0 Å². The van der Waals surface area contributed by atoms with Gasteiger partial charge in [0.2, 0.25) is 0 Å². The highest BCUT2D eigenvalue weighted by Crippen LogP contribution is 2.20. The van der Waals surface area contributed by atoms with Crippen LogP contribution in [0.3, 0.4) is 0 Å². The Morgan fingerprint density at radius 3 is 2.60 bits per heavy atom. The first-order valence-electron chi connectivity index (χ1n) is 5.24. The lowest BCUT2D eigenvalue weighted by atomic mass is 10.1. The number of morpholine rings is 1. The lowest BCUT2D eigenvalue weighted by molar-refractivity contribution is 0.00258. The molecule has 2 rings (SSSR count). The molecule has 0 spiro atoms. The molecule has 0 aliphatic carbocycles. The number of pyridine rings is 1. The number of aliphatic hydroxyl groups excluding tert-OH is 1. The summed E-state index contributed by atoms with van der Waals surface area (Å²) in [6.45, 7) is 3.41. The molecule has 4 nitrogen and oxygen atoms in total. The molecule has 1 unspecified atom stereocenters. The van der Waals surface area contributed by atoms with Gasteiger partial charge >= 0.3 is 0 Å². The lowest BCUT2D eigenvalue weighted by Gasteiger charge is -2.33. The van der Waals surface area contributed by atoms with Gasteiger partial charge in [-0.25, -0.2) is 0 Å². The van der Waals surface area contributed by atoms with E-state index in [-0.39, 0.29) is 12.6 Å². The van der Waals surface area contributed by atoms with Crippen LogP contribution in [0.25, 0.3) is 0 Å². The minimum Gasteiger partial charge on any atom is -0.394 e. The third kappa shape index (κ3) is 2.53. The molecule has 0 radical (unpaired) electrons. The SMILES string of the molecule is OCC(c1ccncc1)N1CCOCC1. The summed E-state index contributed by atoms with van der Waals surface area (Å²) in [5, 5.41) is 9.43. The molecule has 2 heterocycles. The third-order valence-corrected chi connectivity index (χ3v) is 2.75. The maximum absolute atomic E-state index is 9.43. The second-order valence-corrected chi connectivity index (χ2v) is 3.63. The van der Waals surface area contributed by atoms with E-state index in [4.69, 9.17) is 4.74 Å². The first-order chi connectivity index (χ1) is 7.42. The molecule has 0 saturated carbocycles. The van der Waals surface area contributed by atoms with E-state index in [9.17, 15) is 5.11 Å². The van der Waals surface area contributed by atoms with Gasteiger partial charge in [-0.3, -0.25) is 9.88 Å². The number of ether oxygens (including phenoxy) is 1. The summed E-state index contributed by atoms with van der Waals surface area (Å²) < 4.78 is 5.29. The average molecular weight is 208 g/mol. The fourth-order valence-corrected chi connectivity index (χ4v) is 1.91. The Hall–Kier alpha value is -0.970. The molecular formula is C11H16N2O2. The van der Waals surface area contributed by atoms with Gasteiger partial charge < -0.3 is 9.84 Å². The van der Waals surface area contributed by atoms with Gasteiger partial charge in [-0.2, -0.15) is 0 Å². The molecule has 1 atom stereocenters. The molecule has 1 aromatic rings. The van der Waals surface area contributed by atoms with Crippen LogP contribution in [-0.2, 0) is 4.74 Å². The van der Waals surface area contributed by atoms with Gasteiger partial charge in [-0.1, -0.05) is 0 Å². The summed E-state index contributed by atoms with van der Waals surface area (Å²) in [6.07, 6.45) is 3.52. The highest BCUT2D eigenvalue weighted by Gasteiger charge is 2.21. The van der Waals surface area contributed by atoms with Gasteiger partial charge in [0.25, 0.3) is 0 Å². The molecule has 0 amide bonds. The van der Waals surface area contributed by atoms with E-state index in [2.05, 4.69) is 9.88 Å². The molecule has 82 valence electrons. The van der Waals surface area contributed by atoms with Crippen molar-refractivity contribution in [3.63, 3.8) is 0 Å². The minimum atomic E-state index is 0.0805. The molecule has 1 aliphatic heterocycles. The largest absolute Gasteiger partial charge is 0.394 e. The summed E-state index contributed by atoms with van der Waals surface area (Å²) >= 11 is 0. The number of aliphatic hydroxyl groups is 1. The molecule has 4 heteroatoms. The highest BCUT2D eigenvalue weighted by molar-refractivity contribution is 5.15. The van der Waals surface area contributed by atoms with E-state index in [1.165, 1.54) is 0 Å². The third-order valence-electron chi connectivity index (χ3n) is 2.75. The fraction of sp³-hybridized carbons (Fsp3) is 0.545. The number of nitrogens with zero attached hydrogens (tertiary/aromatic N) is 2. The van der Waals surface area contributed by atoms with E-state index >= 15 is 0 Å². The molecule has 1 fully saturated rings. The number of rotatable bonds is 3. The summed E-state index contributed by atoms with van der Waals surface area (Å²) in [5.41, 5.74) is 1.12. The van der Waals surface area contributed by atoms with Crippen molar-refractivity contribution in [2.24, 2.45) is 0 Å². The molecule has 1 saturated heterocycles. The Balaban J connectivity index is 2.09. The van der Waals surface area contributed by atoms with Crippen LogP contribution in [-0.4, -0.2) is 47.9 Å². The quantitative estimate of drug-likeness (QED) is 0.783. The van der Waals surface area contributed by atoms with Crippen molar-refractivity contribution in [2.75, 3.05) is 32.9 Å². The summed E-state index contributed by atoms with van der Waals surface area (Å²) in [7, 11) is 0. The van der Waals surface area contributed by atoms with E-state index < -0.39 is 0 Å². The zero-order valence-electron chi connectivity index (χ0n) is 8.67. The molecule has 1 aliphatic rings. The average Bonchev–Trinajstić information content (AvgIpc) is 2.33. The van der Waals surface area contributed by atoms with Gasteiger partial charge in [-0.15, -0.1) is 0 Å². The lowest BCUT2D eigenvalue weighted by Crippen LogP contribution is -2.40. The van der Waals surface area contributed by atoms with Crippen LogP contribution < -0.4 is 0 Å². The number of hydrogen-bond donors (Lipinski definition) is 1. The van der Waals surface area contributed by atoms with Crippen molar-refractivity contribution in [3.8, 4) is 0 Å². The second-order valence-electron chi connectivity index (χ2n) is 3.63. The maximum Gasteiger partial charge on any atom is 0.0628 e. The minimum absolute atomic E-state index is 0.0805. The highest BCUT2D eigenvalue weighted by atomic mass is 16.5. The van der Waals surface area contributed by atoms with Gasteiger partial charge in [0.05, 0.1) is 25.9 Å². The van der Waals surface area contributed by atoms with E-state index in [1.807, 2.05) is 12.1 Å². The Kier molecular flexibility index (Phi) is 3.66. The first kappa shape index (κ1) is 10.5. The molecular weight excluding hydrogens is 192 g/mol. The fourth-order valence-electron chi connectivity index (χ4n) is 1.91. The summed E-state index contributed by atoms with van der Waals surface area (Å²) in [6, 6.07) is 3.99. The zero-order valence-corrected chi connectivity index (χ0v) is 8.67. The Morgan fingerprint density at radius 1 is 1.33 bits per heavy atom. The van der Waals surface area contributed by atoms with Crippen LogP contribution in [0.2, 0.25) is 0 Å². The molecule has 1 aromatic heterocycles. The van der Waals surface area contributed by atoms with Gasteiger partial charge in [0, 0.05) is 25.5 Å². The molecule has 15 heavy (non-hydrogen) atoms. The van der Waals surface area contributed by atoms with Gasteiger partial charge in [0.1, 0.15) is 0 Å². The van der Waals surface area contributed by atoms with E-state index in [0.717, 1.165) is 31.9 Å². The predicted molar refractivity (Wildman–Crippen MR) is 56.5 cm³/mol. The van der Waals surface area contributed by atoms with Crippen LogP contribution in [0.15, 0.2) is 24.5 Å². The molecule has 0 aromatic carbocycles.